The van der Waals surface area contributed by atoms with Crippen molar-refractivity contribution in [3.8, 4) is 0 Å². The van der Waals surface area contributed by atoms with Crippen LogP contribution in [-0.4, -0.2) is 48.6 Å². The van der Waals surface area contributed by atoms with Crippen LogP contribution in [0.5, 0.6) is 0 Å². The first-order valence-corrected chi connectivity index (χ1v) is 8.03. The normalized spacial score (nSPS) is 24.7. The summed E-state index contributed by atoms with van der Waals surface area (Å²) in [5.41, 5.74) is 6.35. The largest absolute Gasteiger partial charge is 0.468 e. The highest BCUT2D eigenvalue weighted by molar-refractivity contribution is 5.08. The standard InChI is InChI=1S/C16H27N3O/c1-2-14(17)16(15-4-3-11-20-15)19-9-7-18(8-10-19)12-13-5-6-13/h3-4,11,13-14,16H,2,5-10,12,17H2,1H3. The van der Waals surface area contributed by atoms with E-state index in [-0.39, 0.29) is 12.1 Å². The molecule has 1 aromatic heterocycles. The van der Waals surface area contributed by atoms with E-state index in [1.54, 1.807) is 6.26 Å². The molecule has 0 bridgehead atoms. The minimum absolute atomic E-state index is 0.149. The smallest absolute Gasteiger partial charge is 0.122 e. The maximum atomic E-state index is 6.35. The zero-order valence-corrected chi connectivity index (χ0v) is 12.5. The third-order valence-electron chi connectivity index (χ3n) is 4.73. The summed E-state index contributed by atoms with van der Waals surface area (Å²) >= 11 is 0. The van der Waals surface area contributed by atoms with Crippen molar-refractivity contribution in [1.29, 1.82) is 0 Å². The molecule has 0 spiro atoms. The zero-order chi connectivity index (χ0) is 13.9. The molecule has 2 aliphatic rings. The number of hydrogen-bond acceptors (Lipinski definition) is 4. The maximum Gasteiger partial charge on any atom is 0.122 e. The van der Waals surface area contributed by atoms with Gasteiger partial charge in [0, 0.05) is 38.8 Å². The summed E-state index contributed by atoms with van der Waals surface area (Å²) in [6, 6.07) is 4.42. The van der Waals surface area contributed by atoms with Gasteiger partial charge in [0.2, 0.25) is 0 Å². The monoisotopic (exact) mass is 277 g/mol. The molecule has 0 amide bonds. The molecule has 20 heavy (non-hydrogen) atoms. The number of rotatable bonds is 6. The van der Waals surface area contributed by atoms with Crippen LogP contribution in [0.25, 0.3) is 0 Å². The molecule has 1 aliphatic heterocycles. The lowest BCUT2D eigenvalue weighted by atomic mass is 10.0. The predicted octanol–water partition coefficient (Wildman–Crippen LogP) is 2.09. The second kappa shape index (κ2) is 6.29. The first-order chi connectivity index (χ1) is 9.78. The fraction of sp³-hybridized carbons (Fsp3) is 0.750. The maximum absolute atomic E-state index is 6.35. The van der Waals surface area contributed by atoms with E-state index < -0.39 is 0 Å². The number of hydrogen-bond donors (Lipinski definition) is 1. The minimum atomic E-state index is 0.149. The van der Waals surface area contributed by atoms with E-state index in [9.17, 15) is 0 Å². The average molecular weight is 277 g/mol. The Bertz CT molecular complexity index is 394. The molecule has 4 heteroatoms. The molecule has 4 nitrogen and oxygen atoms in total. The van der Waals surface area contributed by atoms with Gasteiger partial charge in [-0.25, -0.2) is 0 Å². The summed E-state index contributed by atoms with van der Waals surface area (Å²) in [6.07, 6.45) is 5.62. The van der Waals surface area contributed by atoms with E-state index in [0.717, 1.165) is 31.2 Å². The van der Waals surface area contributed by atoms with Gasteiger partial charge in [-0.05, 0) is 37.3 Å². The van der Waals surface area contributed by atoms with Crippen LogP contribution in [0.3, 0.4) is 0 Å². The van der Waals surface area contributed by atoms with E-state index in [2.05, 4.69) is 22.8 Å². The van der Waals surface area contributed by atoms with E-state index in [4.69, 9.17) is 10.2 Å². The molecule has 0 radical (unpaired) electrons. The topological polar surface area (TPSA) is 45.6 Å². The molecule has 1 saturated carbocycles. The Morgan fingerprint density at radius 3 is 2.60 bits per heavy atom. The lowest BCUT2D eigenvalue weighted by Crippen LogP contribution is -2.51. The highest BCUT2D eigenvalue weighted by Crippen LogP contribution is 2.31. The molecule has 112 valence electrons. The molecule has 1 saturated heterocycles. The summed E-state index contributed by atoms with van der Waals surface area (Å²) in [5.74, 6) is 2.01. The molecule has 2 fully saturated rings. The van der Waals surface area contributed by atoms with Crippen LogP contribution in [0.2, 0.25) is 0 Å². The SMILES string of the molecule is CCC(N)C(c1ccco1)N1CCN(CC2CC2)CC1. The average Bonchev–Trinajstić information content (AvgIpc) is 3.13. The van der Waals surface area contributed by atoms with Crippen LogP contribution in [0.1, 0.15) is 38.0 Å². The number of furan rings is 1. The van der Waals surface area contributed by atoms with Crippen molar-refractivity contribution in [2.45, 2.75) is 38.3 Å². The Hall–Kier alpha value is -0.840. The molecular formula is C16H27N3O. The Morgan fingerprint density at radius 1 is 1.30 bits per heavy atom. The van der Waals surface area contributed by atoms with Crippen LogP contribution in [0, 0.1) is 5.92 Å². The molecule has 2 heterocycles. The fourth-order valence-electron chi connectivity index (χ4n) is 3.23. The Morgan fingerprint density at radius 2 is 2.05 bits per heavy atom. The van der Waals surface area contributed by atoms with Crippen LogP contribution in [-0.2, 0) is 0 Å². The molecular weight excluding hydrogens is 250 g/mol. The van der Waals surface area contributed by atoms with Crippen LogP contribution < -0.4 is 5.73 Å². The molecule has 2 atom stereocenters. The minimum Gasteiger partial charge on any atom is -0.468 e. The van der Waals surface area contributed by atoms with E-state index in [0.29, 0.717) is 0 Å². The Balaban J connectivity index is 1.60. The quantitative estimate of drug-likeness (QED) is 0.865. The van der Waals surface area contributed by atoms with E-state index >= 15 is 0 Å². The zero-order valence-electron chi connectivity index (χ0n) is 12.5. The second-order valence-electron chi connectivity index (χ2n) is 6.31. The Kier molecular flexibility index (Phi) is 4.44. The lowest BCUT2D eigenvalue weighted by molar-refractivity contribution is 0.0715. The van der Waals surface area contributed by atoms with Gasteiger partial charge in [-0.15, -0.1) is 0 Å². The van der Waals surface area contributed by atoms with Gasteiger partial charge in [0.05, 0.1) is 12.3 Å². The van der Waals surface area contributed by atoms with Crippen LogP contribution in [0.15, 0.2) is 22.8 Å². The van der Waals surface area contributed by atoms with E-state index in [1.807, 2.05) is 6.07 Å². The summed E-state index contributed by atoms with van der Waals surface area (Å²) in [7, 11) is 0. The highest BCUT2D eigenvalue weighted by atomic mass is 16.3. The van der Waals surface area contributed by atoms with Gasteiger partial charge in [0.25, 0.3) is 0 Å². The van der Waals surface area contributed by atoms with Crippen LogP contribution in [0.4, 0.5) is 0 Å². The molecule has 2 N–H and O–H groups in total. The summed E-state index contributed by atoms with van der Waals surface area (Å²) in [4.78, 5) is 5.13. The Labute approximate surface area is 121 Å². The highest BCUT2D eigenvalue weighted by Gasteiger charge is 2.32. The van der Waals surface area contributed by atoms with Crippen molar-refractivity contribution < 1.29 is 4.42 Å². The van der Waals surface area contributed by atoms with Crippen LogP contribution >= 0.6 is 0 Å². The van der Waals surface area contributed by atoms with Crippen molar-refractivity contribution in [3.63, 3.8) is 0 Å². The molecule has 1 aliphatic carbocycles. The van der Waals surface area contributed by atoms with Gasteiger partial charge in [0.15, 0.2) is 0 Å². The van der Waals surface area contributed by atoms with Gasteiger partial charge in [-0.3, -0.25) is 4.90 Å². The number of piperazine rings is 1. The summed E-state index contributed by atoms with van der Waals surface area (Å²) < 4.78 is 5.64. The summed E-state index contributed by atoms with van der Waals surface area (Å²) in [5, 5.41) is 0. The van der Waals surface area contributed by atoms with Crippen molar-refractivity contribution in [1.82, 2.24) is 9.80 Å². The van der Waals surface area contributed by atoms with Crippen molar-refractivity contribution in [3.05, 3.63) is 24.2 Å². The van der Waals surface area contributed by atoms with Crippen molar-refractivity contribution >= 4 is 0 Å². The first kappa shape index (κ1) is 14.1. The van der Waals surface area contributed by atoms with Gasteiger partial charge in [-0.2, -0.15) is 0 Å². The molecule has 2 unspecified atom stereocenters. The van der Waals surface area contributed by atoms with Gasteiger partial charge in [-0.1, -0.05) is 6.92 Å². The van der Waals surface area contributed by atoms with Crippen molar-refractivity contribution in [2.75, 3.05) is 32.7 Å². The van der Waals surface area contributed by atoms with Gasteiger partial charge >= 0.3 is 0 Å². The van der Waals surface area contributed by atoms with E-state index in [1.165, 1.54) is 32.5 Å². The first-order valence-electron chi connectivity index (χ1n) is 8.03. The third-order valence-corrected chi connectivity index (χ3v) is 4.73. The molecule has 3 rings (SSSR count). The molecule has 1 aromatic rings. The number of nitrogens with zero attached hydrogens (tertiary/aromatic N) is 2. The lowest BCUT2D eigenvalue weighted by Gasteiger charge is -2.40. The van der Waals surface area contributed by atoms with Gasteiger partial charge in [0.1, 0.15) is 5.76 Å². The van der Waals surface area contributed by atoms with Crippen molar-refractivity contribution in [2.24, 2.45) is 11.7 Å². The third kappa shape index (κ3) is 3.25. The second-order valence-corrected chi connectivity index (χ2v) is 6.31. The van der Waals surface area contributed by atoms with Gasteiger partial charge < -0.3 is 15.1 Å². The number of nitrogens with two attached hydrogens (primary N) is 1. The molecule has 0 aromatic carbocycles. The predicted molar refractivity (Wildman–Crippen MR) is 80.5 cm³/mol. The summed E-state index contributed by atoms with van der Waals surface area (Å²) in [6.45, 7) is 8.01. The fourth-order valence-corrected chi connectivity index (χ4v) is 3.23.